The molecule has 1 aromatic rings. The van der Waals surface area contributed by atoms with Gasteiger partial charge in [0.15, 0.2) is 0 Å². The number of phenolic OH excluding ortho intramolecular Hbond substituents is 1. The van der Waals surface area contributed by atoms with Gasteiger partial charge in [-0.05, 0) is 30.0 Å². The normalized spacial score (nSPS) is 11.4. The molecule has 4 heteroatoms. The molecule has 2 N–H and O–H groups in total. The highest BCUT2D eigenvalue weighted by molar-refractivity contribution is 6.32. The second-order valence-corrected chi connectivity index (χ2v) is 6.38. The number of carbonyl (C=O) groups is 1. The molecule has 20 heavy (non-hydrogen) atoms. The third kappa shape index (κ3) is 5.41. The van der Waals surface area contributed by atoms with Gasteiger partial charge in [-0.3, -0.25) is 4.79 Å². The summed E-state index contributed by atoms with van der Waals surface area (Å²) in [6.45, 7) is 7.14. The Labute approximate surface area is 126 Å². The van der Waals surface area contributed by atoms with Crippen molar-refractivity contribution < 1.29 is 9.90 Å². The van der Waals surface area contributed by atoms with E-state index in [2.05, 4.69) is 26.1 Å². The fourth-order valence-corrected chi connectivity index (χ4v) is 2.19. The van der Waals surface area contributed by atoms with E-state index in [-0.39, 0.29) is 22.1 Å². The van der Waals surface area contributed by atoms with Gasteiger partial charge in [-0.2, -0.15) is 0 Å². The van der Waals surface area contributed by atoms with Crippen molar-refractivity contribution >= 4 is 17.5 Å². The highest BCUT2D eigenvalue weighted by Crippen LogP contribution is 2.25. The Morgan fingerprint density at radius 1 is 1.35 bits per heavy atom. The predicted molar refractivity (Wildman–Crippen MR) is 83.4 cm³/mol. The smallest absolute Gasteiger partial charge is 0.251 e. The average molecular weight is 298 g/mol. The first-order chi connectivity index (χ1) is 9.35. The fourth-order valence-electron chi connectivity index (χ4n) is 2.01. The zero-order chi connectivity index (χ0) is 15.2. The van der Waals surface area contributed by atoms with Crippen LogP contribution in [0.4, 0.5) is 0 Å². The number of aromatic hydroxyl groups is 1. The van der Waals surface area contributed by atoms with E-state index in [4.69, 9.17) is 11.6 Å². The van der Waals surface area contributed by atoms with Gasteiger partial charge in [0, 0.05) is 12.1 Å². The summed E-state index contributed by atoms with van der Waals surface area (Å²) >= 11 is 5.80. The van der Waals surface area contributed by atoms with Crippen molar-refractivity contribution in [1.82, 2.24) is 5.32 Å². The lowest BCUT2D eigenvalue weighted by molar-refractivity contribution is 0.0934. The molecule has 112 valence electrons. The van der Waals surface area contributed by atoms with Crippen molar-refractivity contribution in [3.05, 3.63) is 28.8 Å². The monoisotopic (exact) mass is 297 g/mol. The Kier molecular flexibility index (Phi) is 6.34. The predicted octanol–water partition coefficient (Wildman–Crippen LogP) is 4.38. The fraction of sp³-hybridized carbons (Fsp3) is 0.562. The lowest BCUT2D eigenvalue weighted by Crippen LogP contribution is -2.34. The molecule has 0 aliphatic carbocycles. The van der Waals surface area contributed by atoms with Gasteiger partial charge in [0.25, 0.3) is 5.91 Å². The van der Waals surface area contributed by atoms with Crippen LogP contribution in [-0.4, -0.2) is 17.6 Å². The molecule has 3 nitrogen and oxygen atoms in total. The number of phenols is 1. The van der Waals surface area contributed by atoms with Crippen LogP contribution in [0.25, 0.3) is 0 Å². The summed E-state index contributed by atoms with van der Waals surface area (Å²) in [5.74, 6) is -0.168. The molecule has 0 saturated heterocycles. The second-order valence-electron chi connectivity index (χ2n) is 5.97. The zero-order valence-corrected chi connectivity index (χ0v) is 13.3. The summed E-state index contributed by atoms with van der Waals surface area (Å²) in [5, 5.41) is 12.5. The first kappa shape index (κ1) is 16.8. The van der Waals surface area contributed by atoms with Gasteiger partial charge in [0.2, 0.25) is 0 Å². The van der Waals surface area contributed by atoms with Crippen LogP contribution < -0.4 is 5.32 Å². The number of unbranched alkanes of at least 4 members (excludes halogenated alkanes) is 2. The van der Waals surface area contributed by atoms with E-state index in [1.807, 2.05) is 0 Å². The average Bonchev–Trinajstić information content (AvgIpc) is 2.39. The number of nitrogens with one attached hydrogen (secondary N) is 1. The van der Waals surface area contributed by atoms with Crippen LogP contribution in [0, 0.1) is 5.41 Å². The minimum atomic E-state index is -0.157. The zero-order valence-electron chi connectivity index (χ0n) is 12.5. The van der Waals surface area contributed by atoms with Gasteiger partial charge in [-0.15, -0.1) is 0 Å². The maximum Gasteiger partial charge on any atom is 0.251 e. The standard InChI is InChI=1S/C16H24ClNO2/c1-4-5-6-9-16(2,3)11-18-15(20)12-7-8-14(19)13(17)10-12/h7-8,10,19H,4-6,9,11H2,1-3H3,(H,18,20). The van der Waals surface area contributed by atoms with E-state index < -0.39 is 0 Å². The summed E-state index contributed by atoms with van der Waals surface area (Å²) < 4.78 is 0. The van der Waals surface area contributed by atoms with E-state index in [1.165, 1.54) is 31.4 Å². The van der Waals surface area contributed by atoms with Crippen molar-refractivity contribution in [1.29, 1.82) is 0 Å². The van der Waals surface area contributed by atoms with E-state index in [0.717, 1.165) is 6.42 Å². The Morgan fingerprint density at radius 2 is 2.05 bits per heavy atom. The Bertz CT molecular complexity index is 458. The van der Waals surface area contributed by atoms with E-state index in [0.29, 0.717) is 12.1 Å². The van der Waals surface area contributed by atoms with Crippen LogP contribution in [-0.2, 0) is 0 Å². The largest absolute Gasteiger partial charge is 0.506 e. The van der Waals surface area contributed by atoms with Crippen molar-refractivity contribution in [2.24, 2.45) is 5.41 Å². The molecule has 0 aliphatic rings. The minimum Gasteiger partial charge on any atom is -0.506 e. The first-order valence-corrected chi connectivity index (χ1v) is 7.50. The lowest BCUT2D eigenvalue weighted by Gasteiger charge is -2.25. The number of carbonyl (C=O) groups excluding carboxylic acids is 1. The van der Waals surface area contributed by atoms with Crippen LogP contribution in [0.2, 0.25) is 5.02 Å². The third-order valence-corrected chi connectivity index (χ3v) is 3.70. The van der Waals surface area contributed by atoms with E-state index in [9.17, 15) is 9.90 Å². The molecule has 0 fully saturated rings. The Hall–Kier alpha value is -1.22. The van der Waals surface area contributed by atoms with Crippen molar-refractivity contribution in [3.8, 4) is 5.75 Å². The van der Waals surface area contributed by atoms with Crippen LogP contribution in [0.3, 0.4) is 0 Å². The molecule has 0 saturated carbocycles. The topological polar surface area (TPSA) is 49.3 Å². The molecule has 1 rings (SSSR count). The summed E-state index contributed by atoms with van der Waals surface area (Å²) in [7, 11) is 0. The number of benzene rings is 1. The minimum absolute atomic E-state index is 0.0110. The van der Waals surface area contributed by atoms with Gasteiger partial charge in [-0.1, -0.05) is 51.6 Å². The molecular formula is C16H24ClNO2. The highest BCUT2D eigenvalue weighted by atomic mass is 35.5. The van der Waals surface area contributed by atoms with E-state index >= 15 is 0 Å². The Morgan fingerprint density at radius 3 is 2.65 bits per heavy atom. The molecule has 0 unspecified atom stereocenters. The second kappa shape index (κ2) is 7.53. The molecular weight excluding hydrogens is 274 g/mol. The molecule has 0 aliphatic heterocycles. The maximum absolute atomic E-state index is 12.0. The molecule has 1 amide bonds. The molecule has 1 aromatic carbocycles. The quantitative estimate of drug-likeness (QED) is 0.734. The molecule has 0 aromatic heterocycles. The molecule has 0 bridgehead atoms. The number of amides is 1. The van der Waals surface area contributed by atoms with E-state index in [1.54, 1.807) is 6.07 Å². The molecule has 0 radical (unpaired) electrons. The van der Waals surface area contributed by atoms with Gasteiger partial charge in [0.1, 0.15) is 5.75 Å². The Balaban J connectivity index is 2.51. The van der Waals surface area contributed by atoms with Crippen LogP contribution in [0.1, 0.15) is 56.8 Å². The number of rotatable bonds is 7. The van der Waals surface area contributed by atoms with Gasteiger partial charge in [-0.25, -0.2) is 0 Å². The van der Waals surface area contributed by atoms with Gasteiger partial charge >= 0.3 is 0 Å². The third-order valence-electron chi connectivity index (χ3n) is 3.39. The van der Waals surface area contributed by atoms with Crippen LogP contribution in [0.15, 0.2) is 18.2 Å². The summed E-state index contributed by atoms with van der Waals surface area (Å²) in [6, 6.07) is 4.49. The van der Waals surface area contributed by atoms with Crippen molar-refractivity contribution in [3.63, 3.8) is 0 Å². The van der Waals surface area contributed by atoms with Gasteiger partial charge < -0.3 is 10.4 Å². The highest BCUT2D eigenvalue weighted by Gasteiger charge is 2.19. The first-order valence-electron chi connectivity index (χ1n) is 7.12. The summed E-state index contributed by atoms with van der Waals surface area (Å²) in [5.41, 5.74) is 0.558. The maximum atomic E-state index is 12.0. The SMILES string of the molecule is CCCCCC(C)(C)CNC(=O)c1ccc(O)c(Cl)c1. The molecule has 0 heterocycles. The van der Waals surface area contributed by atoms with Crippen molar-refractivity contribution in [2.45, 2.75) is 46.5 Å². The van der Waals surface area contributed by atoms with Crippen molar-refractivity contribution in [2.75, 3.05) is 6.54 Å². The summed E-state index contributed by atoms with van der Waals surface area (Å²) in [4.78, 5) is 12.0. The van der Waals surface area contributed by atoms with Crippen LogP contribution in [0.5, 0.6) is 5.75 Å². The molecule has 0 spiro atoms. The lowest BCUT2D eigenvalue weighted by atomic mass is 9.87. The van der Waals surface area contributed by atoms with Gasteiger partial charge in [0.05, 0.1) is 5.02 Å². The molecule has 0 atom stereocenters. The number of halogens is 1. The summed E-state index contributed by atoms with van der Waals surface area (Å²) in [6.07, 6.45) is 4.71. The number of hydrogen-bond acceptors (Lipinski definition) is 2. The number of hydrogen-bond donors (Lipinski definition) is 2. The van der Waals surface area contributed by atoms with Crippen LogP contribution >= 0.6 is 11.6 Å².